The van der Waals surface area contributed by atoms with Crippen molar-refractivity contribution in [2.75, 3.05) is 11.3 Å². The maximum atomic E-state index is 13.5. The Bertz CT molecular complexity index is 1510. The van der Waals surface area contributed by atoms with Crippen molar-refractivity contribution >= 4 is 33.4 Å². The molecular weight excluding hydrogens is 526 g/mol. The number of anilines is 1. The smallest absolute Gasteiger partial charge is 0.387 e. The zero-order chi connectivity index (χ0) is 28.6. The summed E-state index contributed by atoms with van der Waals surface area (Å²) in [6, 6.07) is 17.4. The molecular formula is C26H29N5O7S. The molecule has 1 aromatic heterocycles. The van der Waals surface area contributed by atoms with Crippen molar-refractivity contribution in [2.45, 2.75) is 32.1 Å². The fourth-order valence-electron chi connectivity index (χ4n) is 3.66. The minimum absolute atomic E-state index is 0.0503. The molecule has 12 nitrogen and oxygen atoms in total. The molecule has 1 unspecified atom stereocenters. The summed E-state index contributed by atoms with van der Waals surface area (Å²) in [4.78, 5) is 39.0. The second-order valence-electron chi connectivity index (χ2n) is 8.35. The van der Waals surface area contributed by atoms with Gasteiger partial charge < -0.3 is 20.5 Å². The quantitative estimate of drug-likeness (QED) is 0.112. The number of carbonyl (C=O) groups is 2. The first-order valence-electron chi connectivity index (χ1n) is 11.8. The topological polar surface area (TPSA) is 183 Å². The first-order valence-corrected chi connectivity index (χ1v) is 13.4. The van der Waals surface area contributed by atoms with Crippen molar-refractivity contribution < 1.29 is 27.5 Å². The number of nitrogen functional groups attached to an aromatic ring is 1. The fourth-order valence-corrected chi connectivity index (χ4v) is 4.85. The minimum atomic E-state index is -4.02. The summed E-state index contributed by atoms with van der Waals surface area (Å²) in [6.45, 7) is 2.37. The molecule has 0 aliphatic rings. The molecule has 5 N–H and O–H groups in total. The Morgan fingerprint density at radius 3 is 2.28 bits per heavy atom. The predicted octanol–water partition coefficient (Wildman–Crippen LogP) is 1.60. The highest BCUT2D eigenvalue weighted by Crippen LogP contribution is 2.22. The van der Waals surface area contributed by atoms with Crippen molar-refractivity contribution in [1.29, 1.82) is 5.41 Å². The van der Waals surface area contributed by atoms with E-state index in [4.69, 9.17) is 20.6 Å². The SMILES string of the molecule is CCOC(OC(C)=O)(C(=O)NCc1ccc(C(=N)N)cc1)n1cccc(NS(=O)(=O)Cc2ccccc2)c1=O. The molecule has 0 radical (unpaired) electrons. The Balaban J connectivity index is 1.95. The van der Waals surface area contributed by atoms with Crippen molar-refractivity contribution in [3.63, 3.8) is 0 Å². The van der Waals surface area contributed by atoms with Crippen molar-refractivity contribution in [3.8, 4) is 0 Å². The highest BCUT2D eigenvalue weighted by atomic mass is 32.2. The van der Waals surface area contributed by atoms with Gasteiger partial charge in [0, 0.05) is 25.2 Å². The van der Waals surface area contributed by atoms with Crippen LogP contribution in [0.25, 0.3) is 0 Å². The Morgan fingerprint density at radius 2 is 1.69 bits per heavy atom. The lowest BCUT2D eigenvalue weighted by molar-refractivity contribution is -0.264. The number of pyridine rings is 1. The molecule has 1 amide bonds. The van der Waals surface area contributed by atoms with Gasteiger partial charge in [-0.1, -0.05) is 54.6 Å². The summed E-state index contributed by atoms with van der Waals surface area (Å²) in [6.07, 6.45) is 1.15. The Hall–Kier alpha value is -4.49. The molecule has 0 aliphatic heterocycles. The van der Waals surface area contributed by atoms with E-state index in [0.717, 1.165) is 13.1 Å². The maximum absolute atomic E-state index is 13.5. The van der Waals surface area contributed by atoms with Crippen LogP contribution in [-0.2, 0) is 47.3 Å². The van der Waals surface area contributed by atoms with Crippen molar-refractivity contribution in [3.05, 3.63) is 100.0 Å². The van der Waals surface area contributed by atoms with E-state index in [0.29, 0.717) is 21.3 Å². The molecule has 39 heavy (non-hydrogen) atoms. The second kappa shape index (κ2) is 12.4. The van der Waals surface area contributed by atoms with Crippen molar-refractivity contribution in [2.24, 2.45) is 5.73 Å². The number of aromatic nitrogens is 1. The number of hydrogen-bond acceptors (Lipinski definition) is 8. The molecule has 13 heteroatoms. The summed E-state index contributed by atoms with van der Waals surface area (Å²) < 4.78 is 39.4. The van der Waals surface area contributed by atoms with Crippen LogP contribution in [0.4, 0.5) is 5.69 Å². The number of nitrogens with one attached hydrogen (secondary N) is 3. The lowest BCUT2D eigenvalue weighted by Crippen LogP contribution is -2.56. The third-order valence-electron chi connectivity index (χ3n) is 5.36. The van der Waals surface area contributed by atoms with Gasteiger partial charge in [0.15, 0.2) is 0 Å². The zero-order valence-corrected chi connectivity index (χ0v) is 22.2. The summed E-state index contributed by atoms with van der Waals surface area (Å²) >= 11 is 0. The van der Waals surface area contributed by atoms with E-state index in [-0.39, 0.29) is 24.7 Å². The van der Waals surface area contributed by atoms with Gasteiger partial charge in [-0.15, -0.1) is 0 Å². The largest absolute Gasteiger partial charge is 0.405 e. The standard InChI is InChI=1S/C26H29N5O7S/c1-3-37-26(38-18(2)32,25(34)29-16-19-11-13-21(14-12-19)23(27)28)31-15-7-10-22(24(31)33)30-39(35,36)17-20-8-5-4-6-9-20/h4-15,30H,3,16-17H2,1-2H3,(H3,27,28)(H,29,34). The number of carbonyl (C=O) groups excluding carboxylic acids is 2. The molecule has 3 aromatic rings. The number of rotatable bonds is 12. The number of ether oxygens (including phenoxy) is 2. The number of nitrogens with zero attached hydrogens (tertiary/aromatic N) is 1. The number of hydrogen-bond donors (Lipinski definition) is 4. The number of nitrogens with two attached hydrogens (primary N) is 1. The normalized spacial score (nSPS) is 12.7. The van der Waals surface area contributed by atoms with E-state index < -0.39 is 39.1 Å². The molecule has 0 saturated carbocycles. The molecule has 0 saturated heterocycles. The van der Waals surface area contributed by atoms with E-state index in [1.807, 2.05) is 0 Å². The van der Waals surface area contributed by atoms with Crippen LogP contribution >= 0.6 is 0 Å². The predicted molar refractivity (Wildman–Crippen MR) is 144 cm³/mol. The second-order valence-corrected chi connectivity index (χ2v) is 10.1. The summed E-state index contributed by atoms with van der Waals surface area (Å²) in [5.41, 5.74) is 5.72. The maximum Gasteiger partial charge on any atom is 0.387 e. The van der Waals surface area contributed by atoms with Gasteiger partial charge in [-0.2, -0.15) is 0 Å². The highest BCUT2D eigenvalue weighted by Gasteiger charge is 2.47. The van der Waals surface area contributed by atoms with Crippen molar-refractivity contribution in [1.82, 2.24) is 9.88 Å². The summed E-state index contributed by atoms with van der Waals surface area (Å²) in [5, 5.41) is 10.1. The van der Waals surface area contributed by atoms with Crippen LogP contribution in [0.3, 0.4) is 0 Å². The van der Waals surface area contributed by atoms with Gasteiger partial charge in [-0.25, -0.2) is 13.0 Å². The van der Waals surface area contributed by atoms with E-state index in [1.165, 1.54) is 19.1 Å². The zero-order valence-electron chi connectivity index (χ0n) is 21.3. The molecule has 3 rings (SSSR count). The van der Waals surface area contributed by atoms with Gasteiger partial charge in [-0.3, -0.25) is 24.5 Å². The van der Waals surface area contributed by atoms with Gasteiger partial charge in [0.1, 0.15) is 11.5 Å². The van der Waals surface area contributed by atoms with E-state index in [1.54, 1.807) is 54.6 Å². The van der Waals surface area contributed by atoms with Gasteiger partial charge in [0.25, 0.3) is 5.56 Å². The van der Waals surface area contributed by atoms with E-state index in [9.17, 15) is 22.8 Å². The van der Waals surface area contributed by atoms with Crippen LogP contribution in [0.15, 0.2) is 77.7 Å². The molecule has 0 fully saturated rings. The molecule has 2 aromatic carbocycles. The number of benzene rings is 2. The van der Waals surface area contributed by atoms with Crippen LogP contribution in [0.5, 0.6) is 0 Å². The van der Waals surface area contributed by atoms with Gasteiger partial charge >= 0.3 is 17.8 Å². The first-order chi connectivity index (χ1) is 18.5. The van der Waals surface area contributed by atoms with Gasteiger partial charge in [0.05, 0.1) is 12.4 Å². The Morgan fingerprint density at radius 1 is 1.03 bits per heavy atom. The average molecular weight is 556 g/mol. The van der Waals surface area contributed by atoms with Crippen LogP contribution in [0.2, 0.25) is 0 Å². The molecule has 206 valence electrons. The average Bonchev–Trinajstić information content (AvgIpc) is 2.88. The number of sulfonamides is 1. The number of amides is 1. The fraction of sp³-hybridized carbons (Fsp3) is 0.231. The minimum Gasteiger partial charge on any atom is -0.405 e. The van der Waals surface area contributed by atoms with Crippen LogP contribution in [0.1, 0.15) is 30.5 Å². The molecule has 1 heterocycles. The molecule has 1 atom stereocenters. The highest BCUT2D eigenvalue weighted by molar-refractivity contribution is 7.91. The summed E-state index contributed by atoms with van der Waals surface area (Å²) in [7, 11) is -4.02. The van der Waals surface area contributed by atoms with Crippen LogP contribution in [-0.4, -0.2) is 37.3 Å². The Labute approximate surface area is 225 Å². The summed E-state index contributed by atoms with van der Waals surface area (Å²) in [5.74, 6) is -4.99. The first kappa shape index (κ1) is 29.1. The third kappa shape index (κ3) is 7.30. The van der Waals surface area contributed by atoms with E-state index in [2.05, 4.69) is 10.0 Å². The number of esters is 1. The molecule has 0 aliphatic carbocycles. The van der Waals surface area contributed by atoms with Crippen LogP contribution in [0, 0.1) is 5.41 Å². The Kier molecular flexibility index (Phi) is 9.22. The van der Waals surface area contributed by atoms with Crippen LogP contribution < -0.4 is 21.3 Å². The van der Waals surface area contributed by atoms with Gasteiger partial charge in [0.2, 0.25) is 10.0 Å². The monoisotopic (exact) mass is 555 g/mol. The van der Waals surface area contributed by atoms with E-state index >= 15 is 0 Å². The lowest BCUT2D eigenvalue weighted by atomic mass is 10.1. The third-order valence-corrected chi connectivity index (χ3v) is 6.60. The molecule has 0 bridgehead atoms. The van der Waals surface area contributed by atoms with Gasteiger partial charge in [-0.05, 0) is 30.2 Å². The number of amidine groups is 1. The lowest BCUT2D eigenvalue weighted by Gasteiger charge is -2.32. The molecule has 0 spiro atoms.